The Morgan fingerprint density at radius 1 is 1.11 bits per heavy atom. The predicted molar refractivity (Wildman–Crippen MR) is 74.7 cm³/mol. The second-order valence-corrected chi connectivity index (χ2v) is 4.55. The second-order valence-electron chi connectivity index (χ2n) is 4.11. The van der Waals surface area contributed by atoms with Gasteiger partial charge in [0.15, 0.2) is 0 Å². The number of halogens is 1. The molecule has 2 rings (SSSR count). The molecular formula is C15H13ClN2. The van der Waals surface area contributed by atoms with Gasteiger partial charge in [-0.05, 0) is 29.8 Å². The van der Waals surface area contributed by atoms with Gasteiger partial charge >= 0.3 is 0 Å². The van der Waals surface area contributed by atoms with Crippen LogP contribution in [-0.4, -0.2) is 7.05 Å². The molecule has 2 nitrogen and oxygen atoms in total. The monoisotopic (exact) mass is 256 g/mol. The van der Waals surface area contributed by atoms with Gasteiger partial charge in [-0.25, -0.2) is 0 Å². The van der Waals surface area contributed by atoms with E-state index in [-0.39, 0.29) is 0 Å². The van der Waals surface area contributed by atoms with Crippen LogP contribution in [0.15, 0.2) is 48.5 Å². The van der Waals surface area contributed by atoms with Crippen molar-refractivity contribution in [2.75, 3.05) is 11.9 Å². The third kappa shape index (κ3) is 2.82. The number of nitriles is 1. The molecule has 0 aliphatic rings. The topological polar surface area (TPSA) is 27.0 Å². The van der Waals surface area contributed by atoms with Crippen LogP contribution in [0, 0.1) is 11.3 Å². The van der Waals surface area contributed by atoms with E-state index in [1.807, 2.05) is 55.6 Å². The molecule has 0 fully saturated rings. The van der Waals surface area contributed by atoms with Crippen molar-refractivity contribution in [3.05, 3.63) is 64.7 Å². The van der Waals surface area contributed by atoms with E-state index in [1.165, 1.54) is 0 Å². The minimum atomic E-state index is 0.689. The summed E-state index contributed by atoms with van der Waals surface area (Å²) in [5.74, 6) is 0. The van der Waals surface area contributed by atoms with Gasteiger partial charge in [-0.15, -0.1) is 0 Å². The highest BCUT2D eigenvalue weighted by Crippen LogP contribution is 2.20. The van der Waals surface area contributed by atoms with Gasteiger partial charge in [0, 0.05) is 18.6 Å². The summed E-state index contributed by atoms with van der Waals surface area (Å²) >= 11 is 5.86. The van der Waals surface area contributed by atoms with Crippen LogP contribution in [0.25, 0.3) is 0 Å². The van der Waals surface area contributed by atoms with E-state index >= 15 is 0 Å². The molecule has 0 bridgehead atoms. The molecule has 0 heterocycles. The Balaban J connectivity index is 2.19. The van der Waals surface area contributed by atoms with Crippen LogP contribution < -0.4 is 4.90 Å². The minimum absolute atomic E-state index is 0.689. The van der Waals surface area contributed by atoms with Crippen molar-refractivity contribution in [3.63, 3.8) is 0 Å². The van der Waals surface area contributed by atoms with Crippen molar-refractivity contribution in [2.45, 2.75) is 6.54 Å². The molecule has 0 aliphatic carbocycles. The maximum absolute atomic E-state index is 9.08. The van der Waals surface area contributed by atoms with Gasteiger partial charge in [0.25, 0.3) is 0 Å². The number of hydrogen-bond donors (Lipinski definition) is 0. The molecule has 2 aromatic rings. The van der Waals surface area contributed by atoms with Gasteiger partial charge in [-0.2, -0.15) is 5.26 Å². The fourth-order valence-corrected chi connectivity index (χ4v) is 1.98. The fourth-order valence-electron chi connectivity index (χ4n) is 1.85. The summed E-state index contributed by atoms with van der Waals surface area (Å²) in [6.07, 6.45) is 0. The summed E-state index contributed by atoms with van der Waals surface area (Å²) in [7, 11) is 1.98. The van der Waals surface area contributed by atoms with Gasteiger partial charge in [0.1, 0.15) is 6.07 Å². The molecule has 0 aliphatic heterocycles. The van der Waals surface area contributed by atoms with E-state index in [9.17, 15) is 0 Å². The lowest BCUT2D eigenvalue weighted by atomic mass is 10.1. The zero-order valence-electron chi connectivity index (χ0n) is 10.1. The Bertz CT molecular complexity index is 570. The molecule has 18 heavy (non-hydrogen) atoms. The molecule has 0 saturated carbocycles. The van der Waals surface area contributed by atoms with Crippen molar-refractivity contribution in [1.82, 2.24) is 0 Å². The molecule has 0 saturated heterocycles. The summed E-state index contributed by atoms with van der Waals surface area (Å²) in [6, 6.07) is 17.5. The van der Waals surface area contributed by atoms with E-state index in [0.717, 1.165) is 22.8 Å². The van der Waals surface area contributed by atoms with E-state index in [4.69, 9.17) is 16.9 Å². The maximum Gasteiger partial charge on any atom is 0.101 e. The van der Waals surface area contributed by atoms with E-state index in [1.54, 1.807) is 0 Å². The first-order chi connectivity index (χ1) is 8.70. The van der Waals surface area contributed by atoms with Crippen LogP contribution in [0.5, 0.6) is 0 Å². The van der Waals surface area contributed by atoms with Crippen LogP contribution in [-0.2, 0) is 6.54 Å². The average Bonchev–Trinajstić information content (AvgIpc) is 2.41. The quantitative estimate of drug-likeness (QED) is 0.834. The molecule has 2 aromatic carbocycles. The zero-order chi connectivity index (χ0) is 13.0. The molecule has 0 atom stereocenters. The van der Waals surface area contributed by atoms with Crippen molar-refractivity contribution in [2.24, 2.45) is 0 Å². The van der Waals surface area contributed by atoms with Gasteiger partial charge in [0.05, 0.1) is 11.3 Å². The molecule has 3 heteroatoms. The summed E-state index contributed by atoms with van der Waals surface area (Å²) in [5.41, 5.74) is 2.79. The first kappa shape index (κ1) is 12.5. The lowest BCUT2D eigenvalue weighted by molar-refractivity contribution is 0.921. The number of benzene rings is 2. The molecule has 0 spiro atoms. The van der Waals surface area contributed by atoms with Crippen LogP contribution >= 0.6 is 11.6 Å². The number of para-hydroxylation sites is 1. The van der Waals surface area contributed by atoms with Gasteiger partial charge in [-0.1, -0.05) is 35.9 Å². The molecule has 90 valence electrons. The van der Waals surface area contributed by atoms with Crippen molar-refractivity contribution >= 4 is 17.3 Å². The van der Waals surface area contributed by atoms with Gasteiger partial charge in [-0.3, -0.25) is 0 Å². The van der Waals surface area contributed by atoms with Crippen LogP contribution in [0.2, 0.25) is 5.02 Å². The van der Waals surface area contributed by atoms with Crippen molar-refractivity contribution < 1.29 is 0 Å². The molecule has 0 amide bonds. The highest BCUT2D eigenvalue weighted by molar-refractivity contribution is 6.30. The summed E-state index contributed by atoms with van der Waals surface area (Å²) in [5, 5.41) is 9.81. The number of anilines is 1. The summed E-state index contributed by atoms with van der Waals surface area (Å²) in [6.45, 7) is 0.746. The third-order valence-corrected chi connectivity index (χ3v) is 3.02. The van der Waals surface area contributed by atoms with Crippen LogP contribution in [0.1, 0.15) is 11.1 Å². The molecule has 0 radical (unpaired) electrons. The largest absolute Gasteiger partial charge is 0.369 e. The molecule has 0 N–H and O–H groups in total. The standard InChI is InChI=1S/C15H13ClN2/c1-18(11-12-6-8-14(16)9-7-12)15-5-3-2-4-13(15)10-17/h2-9H,11H2,1H3. The van der Waals surface area contributed by atoms with Crippen LogP contribution in [0.3, 0.4) is 0 Å². The molecule has 0 aromatic heterocycles. The zero-order valence-corrected chi connectivity index (χ0v) is 10.9. The van der Waals surface area contributed by atoms with Gasteiger partial charge < -0.3 is 4.90 Å². The third-order valence-electron chi connectivity index (χ3n) is 2.77. The first-order valence-corrected chi connectivity index (χ1v) is 6.03. The van der Waals surface area contributed by atoms with E-state index in [0.29, 0.717) is 5.56 Å². The Hall–Kier alpha value is -1.98. The number of nitrogens with zero attached hydrogens (tertiary/aromatic N) is 2. The first-order valence-electron chi connectivity index (χ1n) is 5.65. The lowest BCUT2D eigenvalue weighted by Gasteiger charge is -2.20. The number of hydrogen-bond acceptors (Lipinski definition) is 2. The normalized spacial score (nSPS) is 9.83. The van der Waals surface area contributed by atoms with Crippen LogP contribution in [0.4, 0.5) is 5.69 Å². The SMILES string of the molecule is CN(Cc1ccc(Cl)cc1)c1ccccc1C#N. The molecular weight excluding hydrogens is 244 g/mol. The highest BCUT2D eigenvalue weighted by atomic mass is 35.5. The second kappa shape index (κ2) is 5.57. The summed E-state index contributed by atoms with van der Waals surface area (Å²) in [4.78, 5) is 2.06. The smallest absolute Gasteiger partial charge is 0.101 e. The Kier molecular flexibility index (Phi) is 3.86. The highest BCUT2D eigenvalue weighted by Gasteiger charge is 2.06. The number of rotatable bonds is 3. The van der Waals surface area contributed by atoms with Crippen molar-refractivity contribution in [1.29, 1.82) is 5.26 Å². The average molecular weight is 257 g/mol. The maximum atomic E-state index is 9.08. The Labute approximate surface area is 112 Å². The van der Waals surface area contributed by atoms with Crippen molar-refractivity contribution in [3.8, 4) is 6.07 Å². The Morgan fingerprint density at radius 3 is 2.44 bits per heavy atom. The van der Waals surface area contributed by atoms with Gasteiger partial charge in [0.2, 0.25) is 0 Å². The predicted octanol–water partition coefficient (Wildman–Crippen LogP) is 3.85. The van der Waals surface area contributed by atoms with E-state index in [2.05, 4.69) is 11.0 Å². The molecule has 0 unspecified atom stereocenters. The Morgan fingerprint density at radius 2 is 1.78 bits per heavy atom. The minimum Gasteiger partial charge on any atom is -0.369 e. The van der Waals surface area contributed by atoms with E-state index < -0.39 is 0 Å². The fraction of sp³-hybridized carbons (Fsp3) is 0.133. The summed E-state index contributed by atoms with van der Waals surface area (Å²) < 4.78 is 0. The lowest BCUT2D eigenvalue weighted by Crippen LogP contribution is -2.17.